The van der Waals surface area contributed by atoms with Crippen molar-refractivity contribution in [2.24, 2.45) is 12.0 Å². The van der Waals surface area contributed by atoms with Crippen LogP contribution in [0.3, 0.4) is 0 Å². The van der Waals surface area contributed by atoms with E-state index >= 15 is 0 Å². The van der Waals surface area contributed by atoms with Crippen LogP contribution in [0.15, 0.2) is 52.4 Å². The Morgan fingerprint density at radius 1 is 1.11 bits per heavy atom. The average Bonchev–Trinajstić information content (AvgIpc) is 3.32. The molecule has 1 N–H and O–H groups in total. The first-order valence-corrected chi connectivity index (χ1v) is 11.6. The Balaban J connectivity index is 1.73. The summed E-state index contributed by atoms with van der Waals surface area (Å²) in [5, 5.41) is 3.42. The van der Waals surface area contributed by atoms with Crippen molar-refractivity contribution in [1.82, 2.24) is 19.1 Å². The molecule has 4 heterocycles. The fourth-order valence-electron chi connectivity index (χ4n) is 4.62. The lowest BCUT2D eigenvalue weighted by Crippen LogP contribution is -2.21. The summed E-state index contributed by atoms with van der Waals surface area (Å²) in [5.41, 5.74) is 3.11. The number of aryl methyl sites for hydroxylation is 3. The van der Waals surface area contributed by atoms with E-state index in [2.05, 4.69) is 19.9 Å². The molecular formula is C26H25F3N6O. The second-order valence-electron chi connectivity index (χ2n) is 9.07. The molecule has 1 aromatic carbocycles. The van der Waals surface area contributed by atoms with Crippen LogP contribution < -0.4 is 16.4 Å². The molecule has 7 nitrogen and oxygen atoms in total. The summed E-state index contributed by atoms with van der Waals surface area (Å²) in [6, 6.07) is 8.42. The largest absolute Gasteiger partial charge is 0.416 e. The predicted molar refractivity (Wildman–Crippen MR) is 131 cm³/mol. The minimum atomic E-state index is -4.43. The molecule has 1 atom stereocenters. The van der Waals surface area contributed by atoms with Gasteiger partial charge in [0.05, 0.1) is 17.2 Å². The van der Waals surface area contributed by atoms with Crippen molar-refractivity contribution in [1.29, 1.82) is 0 Å². The second-order valence-corrected chi connectivity index (χ2v) is 9.07. The number of pyridine rings is 2. The second kappa shape index (κ2) is 8.61. The first-order valence-electron chi connectivity index (χ1n) is 11.6. The topological polar surface area (TPSA) is 77.1 Å². The quantitative estimate of drug-likeness (QED) is 0.456. The summed E-state index contributed by atoms with van der Waals surface area (Å²) >= 11 is 0. The fraction of sp³-hybridized carbons (Fsp3) is 0.308. The van der Waals surface area contributed by atoms with Crippen molar-refractivity contribution in [3.05, 3.63) is 81.0 Å². The number of halogens is 3. The van der Waals surface area contributed by atoms with E-state index in [1.807, 2.05) is 12.1 Å². The zero-order chi connectivity index (χ0) is 25.8. The molecule has 0 saturated carbocycles. The predicted octanol–water partition coefficient (Wildman–Crippen LogP) is 4.47. The van der Waals surface area contributed by atoms with Crippen LogP contribution in [-0.2, 0) is 19.8 Å². The summed E-state index contributed by atoms with van der Waals surface area (Å²) in [4.78, 5) is 26.2. The number of rotatable bonds is 3. The SMILES string of the molecule is Cc1nc2n3c(c(-c4cc(C)c(=O)n(C)c4)cc-2c(=N[C@H](C)c2cccc(C(F)(F)F)c2)n1)NCC3. The zero-order valence-electron chi connectivity index (χ0n) is 20.3. The van der Waals surface area contributed by atoms with Crippen LogP contribution in [0.25, 0.3) is 22.5 Å². The fourth-order valence-corrected chi connectivity index (χ4v) is 4.62. The van der Waals surface area contributed by atoms with Gasteiger partial charge in [0.1, 0.15) is 17.5 Å². The van der Waals surface area contributed by atoms with Crippen molar-refractivity contribution in [2.75, 3.05) is 11.9 Å². The lowest BCUT2D eigenvalue weighted by Gasteiger charge is -2.19. The van der Waals surface area contributed by atoms with E-state index in [9.17, 15) is 18.0 Å². The van der Waals surface area contributed by atoms with E-state index in [4.69, 9.17) is 4.99 Å². The summed E-state index contributed by atoms with van der Waals surface area (Å²) in [6.07, 6.45) is -2.64. The maximum absolute atomic E-state index is 13.3. The van der Waals surface area contributed by atoms with Crippen molar-refractivity contribution >= 4 is 5.82 Å². The Bertz CT molecular complexity index is 1560. The van der Waals surface area contributed by atoms with Gasteiger partial charge in [-0.2, -0.15) is 13.2 Å². The van der Waals surface area contributed by atoms with Crippen LogP contribution in [0.2, 0.25) is 0 Å². The number of anilines is 1. The molecule has 0 bridgehead atoms. The summed E-state index contributed by atoms with van der Waals surface area (Å²) in [5.74, 6) is 2.10. The van der Waals surface area contributed by atoms with E-state index in [1.54, 1.807) is 44.6 Å². The molecule has 5 rings (SSSR count). The van der Waals surface area contributed by atoms with Crippen LogP contribution in [0.1, 0.15) is 35.5 Å². The standard InChI is InChI=1S/C26H25F3N6O/c1-14-10-18(13-34(4)25(14)36)20-12-21-22(32-16(3)33-24(21)35-9-8-30-23(20)35)31-15(2)17-6-5-7-19(11-17)26(27,28)29/h5-7,10-13,15,30H,8-9H2,1-4H3/t15-/m1/s1. The van der Waals surface area contributed by atoms with Crippen LogP contribution in [-0.4, -0.2) is 25.6 Å². The van der Waals surface area contributed by atoms with E-state index < -0.39 is 17.8 Å². The molecule has 0 radical (unpaired) electrons. The van der Waals surface area contributed by atoms with Gasteiger partial charge in [-0.15, -0.1) is 0 Å². The van der Waals surface area contributed by atoms with Gasteiger partial charge in [0.15, 0.2) is 5.49 Å². The third kappa shape index (κ3) is 4.16. The number of benzene rings is 1. The van der Waals surface area contributed by atoms with Crippen molar-refractivity contribution in [3.63, 3.8) is 0 Å². The molecule has 0 spiro atoms. The molecule has 10 heteroatoms. The minimum Gasteiger partial charge on any atom is -0.369 e. The highest BCUT2D eigenvalue weighted by molar-refractivity contribution is 5.82. The highest BCUT2D eigenvalue weighted by Crippen LogP contribution is 2.36. The normalized spacial score (nSPS) is 14.7. The van der Waals surface area contributed by atoms with Gasteiger partial charge in [0.2, 0.25) is 0 Å². The highest BCUT2D eigenvalue weighted by atomic mass is 19.4. The van der Waals surface area contributed by atoms with Gasteiger partial charge < -0.3 is 14.5 Å². The molecule has 2 aromatic rings. The number of alkyl halides is 3. The number of aromatic nitrogens is 4. The van der Waals surface area contributed by atoms with Crippen LogP contribution in [0, 0.1) is 13.8 Å². The molecule has 0 amide bonds. The average molecular weight is 495 g/mol. The number of hydrogen-bond acceptors (Lipinski definition) is 5. The Labute approximate surface area is 205 Å². The summed E-state index contributed by atoms with van der Waals surface area (Å²) in [6.45, 7) is 6.69. The van der Waals surface area contributed by atoms with Gasteiger partial charge in [-0.25, -0.2) is 9.97 Å². The van der Waals surface area contributed by atoms with Crippen LogP contribution in [0.4, 0.5) is 19.0 Å². The molecule has 1 aromatic heterocycles. The van der Waals surface area contributed by atoms with Gasteiger partial charge in [-0.05, 0) is 50.6 Å². The first-order chi connectivity index (χ1) is 17.0. The Hall–Kier alpha value is -3.95. The van der Waals surface area contributed by atoms with Crippen molar-refractivity contribution in [3.8, 4) is 22.5 Å². The third-order valence-electron chi connectivity index (χ3n) is 6.40. The maximum atomic E-state index is 13.3. The van der Waals surface area contributed by atoms with Gasteiger partial charge >= 0.3 is 6.18 Å². The first kappa shape index (κ1) is 23.8. The lowest BCUT2D eigenvalue weighted by molar-refractivity contribution is -0.137. The number of nitrogens with zero attached hydrogens (tertiary/aromatic N) is 5. The number of hydrogen-bond donors (Lipinski definition) is 1. The summed E-state index contributed by atoms with van der Waals surface area (Å²) < 4.78 is 43.4. The molecule has 186 valence electrons. The van der Waals surface area contributed by atoms with E-state index in [-0.39, 0.29) is 5.56 Å². The molecular weight excluding hydrogens is 469 g/mol. The van der Waals surface area contributed by atoms with E-state index in [1.165, 1.54) is 6.07 Å². The Kier molecular flexibility index (Phi) is 5.69. The Morgan fingerprint density at radius 3 is 2.61 bits per heavy atom. The lowest BCUT2D eigenvalue weighted by atomic mass is 10.0. The summed E-state index contributed by atoms with van der Waals surface area (Å²) in [7, 11) is 1.71. The van der Waals surface area contributed by atoms with E-state index in [0.717, 1.165) is 29.1 Å². The van der Waals surface area contributed by atoms with Gasteiger partial charge in [0.25, 0.3) is 5.56 Å². The number of nitrogens with one attached hydrogen (secondary N) is 1. The molecule has 3 aliphatic rings. The highest BCUT2D eigenvalue weighted by Gasteiger charge is 2.31. The molecule has 0 fully saturated rings. The minimum absolute atomic E-state index is 0.0682. The molecule has 0 saturated heterocycles. The smallest absolute Gasteiger partial charge is 0.369 e. The zero-order valence-corrected chi connectivity index (χ0v) is 20.3. The number of fused-ring (bicyclic) bond motifs is 3. The Morgan fingerprint density at radius 2 is 1.89 bits per heavy atom. The van der Waals surface area contributed by atoms with Gasteiger partial charge in [0, 0.05) is 43.0 Å². The van der Waals surface area contributed by atoms with Gasteiger partial charge in [-0.1, -0.05) is 12.1 Å². The molecule has 3 aliphatic heterocycles. The van der Waals surface area contributed by atoms with Crippen LogP contribution in [0.5, 0.6) is 0 Å². The van der Waals surface area contributed by atoms with Crippen LogP contribution >= 0.6 is 0 Å². The van der Waals surface area contributed by atoms with Crippen molar-refractivity contribution < 1.29 is 13.2 Å². The van der Waals surface area contributed by atoms with E-state index in [0.29, 0.717) is 46.9 Å². The molecule has 0 aliphatic carbocycles. The molecule has 36 heavy (non-hydrogen) atoms. The monoisotopic (exact) mass is 494 g/mol. The third-order valence-corrected chi connectivity index (χ3v) is 6.40. The molecule has 0 unspecified atom stereocenters. The van der Waals surface area contributed by atoms with Crippen molar-refractivity contribution in [2.45, 2.75) is 39.5 Å². The maximum Gasteiger partial charge on any atom is 0.416 e. The van der Waals surface area contributed by atoms with Gasteiger partial charge in [-0.3, -0.25) is 9.79 Å².